The van der Waals surface area contributed by atoms with Gasteiger partial charge in [0.15, 0.2) is 0 Å². The number of benzene rings is 2. The molecule has 0 aliphatic carbocycles. The second-order valence-corrected chi connectivity index (χ2v) is 16.2. The van der Waals surface area contributed by atoms with Crippen molar-refractivity contribution in [3.8, 4) is 0 Å². The fourth-order valence-electron chi connectivity index (χ4n) is 4.14. The minimum absolute atomic E-state index is 0.348. The van der Waals surface area contributed by atoms with E-state index in [9.17, 15) is 8.42 Å². The van der Waals surface area contributed by atoms with Gasteiger partial charge < -0.3 is 0 Å². The van der Waals surface area contributed by atoms with Gasteiger partial charge in [0.2, 0.25) is 0 Å². The number of rotatable bonds is 5. The molecule has 0 unspecified atom stereocenters. The molecule has 3 aromatic rings. The summed E-state index contributed by atoms with van der Waals surface area (Å²) in [6.07, 6.45) is 2.46. The van der Waals surface area contributed by atoms with Crippen molar-refractivity contribution in [1.82, 2.24) is 4.98 Å². The summed E-state index contributed by atoms with van der Waals surface area (Å²) in [6, 6.07) is 19.6. The fraction of sp³-hybridized carbons (Fsp3) is 0.320. The van der Waals surface area contributed by atoms with Crippen LogP contribution in [0.1, 0.15) is 28.8 Å². The van der Waals surface area contributed by atoms with Crippen LogP contribution in [0.15, 0.2) is 65.6 Å². The number of sulfonamides is 1. The third kappa shape index (κ3) is 4.46. The van der Waals surface area contributed by atoms with Crippen molar-refractivity contribution in [1.29, 1.82) is 0 Å². The lowest BCUT2D eigenvalue weighted by molar-refractivity contribution is 0.586. The molecule has 162 valence electrons. The predicted octanol–water partition coefficient (Wildman–Crippen LogP) is 4.67. The fourth-order valence-corrected chi connectivity index (χ4v) is 7.25. The van der Waals surface area contributed by atoms with Gasteiger partial charge in [0.1, 0.15) is 8.07 Å². The average molecular weight is 451 g/mol. The Balaban J connectivity index is 1.84. The number of pyridine rings is 1. The molecule has 0 bridgehead atoms. The van der Waals surface area contributed by atoms with Crippen LogP contribution in [-0.2, 0) is 22.9 Å². The zero-order valence-corrected chi connectivity index (χ0v) is 20.5. The molecule has 0 saturated carbocycles. The third-order valence-electron chi connectivity index (χ3n) is 5.73. The Kier molecular flexibility index (Phi) is 5.79. The van der Waals surface area contributed by atoms with E-state index < -0.39 is 18.1 Å². The smallest absolute Gasteiger partial charge is 0.264 e. The Labute approximate surface area is 187 Å². The van der Waals surface area contributed by atoms with Crippen LogP contribution in [0.25, 0.3) is 0 Å². The molecule has 2 aromatic carbocycles. The lowest BCUT2D eigenvalue weighted by Crippen LogP contribution is -2.48. The molecule has 0 saturated heterocycles. The topological polar surface area (TPSA) is 50.3 Å². The molecule has 4 rings (SSSR count). The summed E-state index contributed by atoms with van der Waals surface area (Å²) in [5, 5.41) is 0.992. The van der Waals surface area contributed by atoms with Crippen LogP contribution in [-0.4, -0.2) is 28.0 Å². The maximum Gasteiger partial charge on any atom is 0.264 e. The van der Waals surface area contributed by atoms with Gasteiger partial charge in [0, 0.05) is 24.0 Å². The van der Waals surface area contributed by atoms with E-state index in [-0.39, 0.29) is 0 Å². The van der Waals surface area contributed by atoms with E-state index in [0.29, 0.717) is 11.4 Å². The van der Waals surface area contributed by atoms with Crippen LogP contribution in [0.2, 0.25) is 19.6 Å². The summed E-state index contributed by atoms with van der Waals surface area (Å²) in [5.74, 6) is 0. The Morgan fingerprint density at radius 2 is 1.68 bits per heavy atom. The molecule has 1 aliphatic heterocycles. The standard InChI is InChI=1S/C25H30N2O2SSi/c1-19-12-14-23(15-13-19)30(28,29)27-16-8-11-21-18-22(17-20-9-6-5-7-10-20)26-25(24(21)27)31(2,3)4/h5-7,9-10,12-15,18H,8,11,16-17H2,1-4H3. The number of anilines is 1. The number of hydrogen-bond donors (Lipinski definition) is 0. The highest BCUT2D eigenvalue weighted by molar-refractivity contribution is 7.92. The lowest BCUT2D eigenvalue weighted by Gasteiger charge is -2.35. The second-order valence-electron chi connectivity index (χ2n) is 9.38. The second kappa shape index (κ2) is 8.24. The summed E-state index contributed by atoms with van der Waals surface area (Å²) in [6.45, 7) is 9.20. The van der Waals surface area contributed by atoms with Gasteiger partial charge in [0.25, 0.3) is 10.0 Å². The summed E-state index contributed by atoms with van der Waals surface area (Å²) in [4.78, 5) is 5.43. The predicted molar refractivity (Wildman–Crippen MR) is 130 cm³/mol. The summed E-state index contributed by atoms with van der Waals surface area (Å²) >= 11 is 0. The van der Waals surface area contributed by atoms with Crippen LogP contribution in [0.3, 0.4) is 0 Å². The van der Waals surface area contributed by atoms with Gasteiger partial charge in [0.05, 0.1) is 10.6 Å². The Bertz CT molecular complexity index is 1180. The summed E-state index contributed by atoms with van der Waals surface area (Å²) < 4.78 is 28.9. The highest BCUT2D eigenvalue weighted by Gasteiger charge is 2.35. The van der Waals surface area contributed by atoms with Crippen LogP contribution in [0.4, 0.5) is 5.69 Å². The molecule has 0 fully saturated rings. The van der Waals surface area contributed by atoms with Crippen molar-refractivity contribution in [2.24, 2.45) is 0 Å². The first-order valence-electron chi connectivity index (χ1n) is 10.8. The van der Waals surface area contributed by atoms with Crippen LogP contribution >= 0.6 is 0 Å². The number of aromatic nitrogens is 1. The lowest BCUT2D eigenvalue weighted by atomic mass is 10.0. The van der Waals surface area contributed by atoms with E-state index in [2.05, 4.69) is 37.8 Å². The van der Waals surface area contributed by atoms with E-state index in [1.807, 2.05) is 37.3 Å². The molecule has 1 aliphatic rings. The quantitative estimate of drug-likeness (QED) is 0.531. The molecule has 0 amide bonds. The molecule has 4 nitrogen and oxygen atoms in total. The average Bonchev–Trinajstić information content (AvgIpc) is 2.73. The zero-order valence-electron chi connectivity index (χ0n) is 18.7. The van der Waals surface area contributed by atoms with E-state index in [4.69, 9.17) is 4.98 Å². The van der Waals surface area contributed by atoms with Crippen molar-refractivity contribution >= 4 is 29.1 Å². The van der Waals surface area contributed by atoms with Gasteiger partial charge in [-0.3, -0.25) is 9.29 Å². The molecular weight excluding hydrogens is 420 g/mol. The van der Waals surface area contributed by atoms with Crippen molar-refractivity contribution in [2.45, 2.75) is 50.7 Å². The summed E-state index contributed by atoms with van der Waals surface area (Å²) in [7, 11) is -5.54. The van der Waals surface area contributed by atoms with Crippen molar-refractivity contribution in [3.05, 3.63) is 83.0 Å². The Morgan fingerprint density at radius 3 is 2.32 bits per heavy atom. The normalized spacial score (nSPS) is 14.4. The number of fused-ring (bicyclic) bond motifs is 1. The summed E-state index contributed by atoms with van der Waals surface area (Å²) in [5.41, 5.74) is 5.24. The largest absolute Gasteiger partial charge is 0.265 e. The number of hydrogen-bond acceptors (Lipinski definition) is 3. The van der Waals surface area contributed by atoms with Crippen molar-refractivity contribution in [3.63, 3.8) is 0 Å². The highest BCUT2D eigenvalue weighted by atomic mass is 32.2. The van der Waals surface area contributed by atoms with Crippen molar-refractivity contribution in [2.75, 3.05) is 10.8 Å². The third-order valence-corrected chi connectivity index (χ3v) is 9.31. The first-order valence-corrected chi connectivity index (χ1v) is 15.8. The Hall–Kier alpha value is -2.44. The van der Waals surface area contributed by atoms with Crippen LogP contribution < -0.4 is 9.62 Å². The van der Waals surface area contributed by atoms with Gasteiger partial charge >= 0.3 is 0 Å². The van der Waals surface area contributed by atoms with E-state index >= 15 is 0 Å². The minimum atomic E-state index is -3.63. The van der Waals surface area contributed by atoms with E-state index in [0.717, 1.165) is 47.1 Å². The molecule has 2 heterocycles. The number of nitrogens with zero attached hydrogens (tertiary/aromatic N) is 2. The van der Waals surface area contributed by atoms with Crippen LogP contribution in [0.5, 0.6) is 0 Å². The Morgan fingerprint density at radius 1 is 1.00 bits per heavy atom. The van der Waals surface area contributed by atoms with E-state index in [1.165, 1.54) is 5.56 Å². The van der Waals surface area contributed by atoms with Crippen LogP contribution in [0, 0.1) is 6.92 Å². The van der Waals surface area contributed by atoms with Gasteiger partial charge in [-0.25, -0.2) is 8.42 Å². The molecule has 6 heteroatoms. The maximum absolute atomic E-state index is 13.6. The maximum atomic E-state index is 13.6. The first-order chi connectivity index (χ1) is 14.7. The molecule has 0 atom stereocenters. The molecule has 0 radical (unpaired) electrons. The van der Waals surface area contributed by atoms with Gasteiger partial charge in [-0.2, -0.15) is 0 Å². The molecule has 0 N–H and O–H groups in total. The monoisotopic (exact) mass is 450 g/mol. The van der Waals surface area contributed by atoms with Crippen molar-refractivity contribution < 1.29 is 8.42 Å². The molecular formula is C25H30N2O2SSi. The van der Waals surface area contributed by atoms with E-state index in [1.54, 1.807) is 16.4 Å². The zero-order chi connectivity index (χ0) is 22.2. The van der Waals surface area contributed by atoms with Gasteiger partial charge in [-0.15, -0.1) is 0 Å². The first kappa shape index (κ1) is 21.8. The molecule has 1 aromatic heterocycles. The SMILES string of the molecule is Cc1ccc(S(=O)(=O)N2CCCc3cc(Cc4ccccc4)nc([Si](C)(C)C)c32)cc1. The molecule has 31 heavy (non-hydrogen) atoms. The van der Waals surface area contributed by atoms with Gasteiger partial charge in [-0.05, 0) is 49.1 Å². The highest BCUT2D eigenvalue weighted by Crippen LogP contribution is 2.33. The number of aryl methyl sites for hydroxylation is 2. The van der Waals surface area contributed by atoms with Gasteiger partial charge in [-0.1, -0.05) is 67.7 Å². The molecule has 0 spiro atoms. The minimum Gasteiger partial charge on any atom is -0.265 e.